The summed E-state index contributed by atoms with van der Waals surface area (Å²) in [6.07, 6.45) is 28.9. The van der Waals surface area contributed by atoms with Gasteiger partial charge < -0.3 is 21.3 Å². The zero-order valence-corrected chi connectivity index (χ0v) is 21.0. The van der Waals surface area contributed by atoms with E-state index < -0.39 is 0 Å². The van der Waals surface area contributed by atoms with E-state index in [0.29, 0.717) is 11.1 Å². The molecule has 2 N–H and O–H groups in total. The molecule has 2 aliphatic heterocycles. The molecule has 0 aromatic carbocycles. The van der Waals surface area contributed by atoms with E-state index in [1.165, 1.54) is 0 Å². The summed E-state index contributed by atoms with van der Waals surface area (Å²) in [4.78, 5) is 22.8. The molecule has 0 aromatic rings. The molecule has 0 unspecified atom stereocenters. The number of rotatable bonds is 0. The van der Waals surface area contributed by atoms with Crippen molar-refractivity contribution in [2.24, 2.45) is 0 Å². The van der Waals surface area contributed by atoms with Gasteiger partial charge in [-0.3, -0.25) is 9.59 Å². The fraction of sp³-hybridized carbons (Fsp3) is 0.154. The van der Waals surface area contributed by atoms with Crippen LogP contribution in [0.1, 0.15) is 0 Å². The largest absolute Gasteiger partial charge is 2.00 e. The van der Waals surface area contributed by atoms with Crippen LogP contribution in [0.5, 0.6) is 0 Å². The molecule has 2 heterocycles. The number of carbonyl (C=O) groups excluding carboxylic acids is 2. The van der Waals surface area contributed by atoms with Crippen LogP contribution in [0.25, 0.3) is 10.6 Å². The molecule has 4 rings (SSSR count). The Morgan fingerprint density at radius 2 is 0.818 bits per heavy atom. The number of nitrogens with one attached hydrogen (secondary N) is 2. The van der Waals surface area contributed by atoms with Crippen molar-refractivity contribution in [1.82, 2.24) is 10.6 Å². The van der Waals surface area contributed by atoms with Crippen molar-refractivity contribution in [3.05, 3.63) is 131 Å². The van der Waals surface area contributed by atoms with E-state index in [1.807, 2.05) is 73.2 Å². The molecule has 7 heteroatoms. The molecule has 0 saturated carbocycles. The summed E-state index contributed by atoms with van der Waals surface area (Å²) >= 11 is 0. The number of hydrogen-bond donors (Lipinski definition) is 2. The molecule has 0 saturated heterocycles. The average Bonchev–Trinajstić information content (AvgIpc) is 2.82. The Labute approximate surface area is 211 Å². The average molecular weight is 478 g/mol. The maximum absolute atomic E-state index is 11.4. The van der Waals surface area contributed by atoms with Gasteiger partial charge in [0.1, 0.15) is 0 Å². The summed E-state index contributed by atoms with van der Waals surface area (Å²) in [5.74, 6) is 0.0925. The quantitative estimate of drug-likeness (QED) is 0.398. The van der Waals surface area contributed by atoms with E-state index in [4.69, 9.17) is 0 Å². The fourth-order valence-corrected chi connectivity index (χ4v) is 2.50. The Morgan fingerprint density at radius 1 is 0.515 bits per heavy atom. The van der Waals surface area contributed by atoms with Crippen molar-refractivity contribution >= 4 is 11.6 Å². The Kier molecular flexibility index (Phi) is 16.8. The topological polar surface area (TPSA) is 86.4 Å². The summed E-state index contributed by atoms with van der Waals surface area (Å²) < 4.78 is 0. The molecular weight excluding hydrogens is 448 g/mol. The second-order valence-corrected chi connectivity index (χ2v) is 6.44. The minimum atomic E-state index is 0. The summed E-state index contributed by atoms with van der Waals surface area (Å²) in [7, 11) is 7.00. The van der Waals surface area contributed by atoms with Gasteiger partial charge in [-0.1, -0.05) is 36.5 Å². The third kappa shape index (κ3) is 11.4. The van der Waals surface area contributed by atoms with Crippen molar-refractivity contribution in [2.75, 3.05) is 28.2 Å². The zero-order valence-electron chi connectivity index (χ0n) is 19.4. The van der Waals surface area contributed by atoms with Crippen molar-refractivity contribution in [3.63, 3.8) is 0 Å². The molecule has 33 heavy (non-hydrogen) atoms. The molecule has 2 aliphatic carbocycles. The maximum Gasteiger partial charge on any atom is 2.00 e. The van der Waals surface area contributed by atoms with E-state index in [9.17, 15) is 9.59 Å². The van der Waals surface area contributed by atoms with Crippen LogP contribution in [0.2, 0.25) is 0 Å². The molecule has 0 atom stereocenters. The first kappa shape index (κ1) is 30.0. The SMILES string of the molecule is C[N-]C.C[N-]C.O=C1C=CC=C/C1=C1\C=CC=CN1.O=C1C=CC=C/C1=C1\C=CC=CN1.[Ti+2]. The van der Waals surface area contributed by atoms with Gasteiger partial charge >= 0.3 is 21.7 Å². The van der Waals surface area contributed by atoms with Gasteiger partial charge in [0.05, 0.1) is 0 Å². The smallest absolute Gasteiger partial charge is 0.668 e. The van der Waals surface area contributed by atoms with Gasteiger partial charge in [-0.25, -0.2) is 0 Å². The standard InChI is InChI=1S/2C11H9NO.2C2H6N.Ti/c2*13-11-7-2-1-5-9(11)10-6-3-4-8-12-10;2*1-3-2;/h2*1-8,12H;2*1-2H3;/q;;2*-1;+2/b2*10-9-;;;. The second kappa shape index (κ2) is 18.5. The normalized spacial score (nSPS) is 20.8. The minimum Gasteiger partial charge on any atom is -0.668 e. The molecule has 0 bridgehead atoms. The molecule has 0 spiro atoms. The number of ketones is 2. The molecular formula is C26H30N4O2Ti. The molecule has 0 fully saturated rings. The second-order valence-electron chi connectivity index (χ2n) is 6.44. The number of dihydropyridines is 2. The predicted molar refractivity (Wildman–Crippen MR) is 134 cm³/mol. The molecule has 170 valence electrons. The van der Waals surface area contributed by atoms with Gasteiger partial charge in [-0.05, 0) is 48.6 Å². The van der Waals surface area contributed by atoms with Crippen LogP contribution in [0.3, 0.4) is 0 Å². The molecule has 0 radical (unpaired) electrons. The molecule has 6 nitrogen and oxygen atoms in total. The number of carbonyl (C=O) groups is 2. The first-order chi connectivity index (χ1) is 15.6. The van der Waals surface area contributed by atoms with E-state index in [-0.39, 0.29) is 33.3 Å². The number of allylic oxidation sites excluding steroid dienone is 16. The zero-order chi connectivity index (χ0) is 23.6. The summed E-state index contributed by atoms with van der Waals surface area (Å²) in [5, 5.41) is 13.1. The maximum atomic E-state index is 11.4. The Bertz CT molecular complexity index is 881. The molecule has 0 amide bonds. The monoisotopic (exact) mass is 478 g/mol. The minimum absolute atomic E-state index is 0. The number of hydrogen-bond acceptors (Lipinski definition) is 4. The molecule has 4 aliphatic rings. The third-order valence-corrected chi connectivity index (χ3v) is 3.77. The van der Waals surface area contributed by atoms with Crippen LogP contribution in [0, 0.1) is 0 Å². The van der Waals surface area contributed by atoms with Crippen molar-refractivity contribution in [2.45, 2.75) is 0 Å². The fourth-order valence-electron chi connectivity index (χ4n) is 2.50. The van der Waals surface area contributed by atoms with E-state index in [0.717, 1.165) is 11.4 Å². The summed E-state index contributed by atoms with van der Waals surface area (Å²) in [6, 6.07) is 0. The van der Waals surface area contributed by atoms with Gasteiger partial charge in [-0.15, -0.1) is 0 Å². The van der Waals surface area contributed by atoms with Gasteiger partial charge in [0.2, 0.25) is 0 Å². The van der Waals surface area contributed by atoms with Gasteiger partial charge in [0, 0.05) is 34.9 Å². The Morgan fingerprint density at radius 3 is 1.09 bits per heavy atom. The van der Waals surface area contributed by atoms with Crippen LogP contribution >= 0.6 is 0 Å². The first-order valence-electron chi connectivity index (χ1n) is 10.0. The number of nitrogens with zero attached hydrogens (tertiary/aromatic N) is 2. The van der Waals surface area contributed by atoms with E-state index in [2.05, 4.69) is 21.3 Å². The van der Waals surface area contributed by atoms with Crippen LogP contribution in [-0.2, 0) is 31.3 Å². The first-order valence-corrected chi connectivity index (χ1v) is 10.0. The van der Waals surface area contributed by atoms with Crippen LogP contribution in [-0.4, -0.2) is 39.8 Å². The van der Waals surface area contributed by atoms with Gasteiger partial charge in [0.15, 0.2) is 11.6 Å². The van der Waals surface area contributed by atoms with Crippen LogP contribution in [0.4, 0.5) is 0 Å². The summed E-state index contributed by atoms with van der Waals surface area (Å²) in [5.41, 5.74) is 3.13. The van der Waals surface area contributed by atoms with Gasteiger partial charge in [0.25, 0.3) is 0 Å². The third-order valence-electron chi connectivity index (χ3n) is 3.77. The molecule has 0 aromatic heterocycles. The Hall–Kier alpha value is -3.03. The summed E-state index contributed by atoms with van der Waals surface area (Å²) in [6.45, 7) is 0. The van der Waals surface area contributed by atoms with Crippen LogP contribution < -0.4 is 10.6 Å². The van der Waals surface area contributed by atoms with E-state index in [1.54, 1.807) is 52.5 Å². The Balaban J connectivity index is 0.000000491. The van der Waals surface area contributed by atoms with Crippen LogP contribution in [0.15, 0.2) is 120 Å². The van der Waals surface area contributed by atoms with Crippen molar-refractivity contribution in [3.8, 4) is 0 Å². The van der Waals surface area contributed by atoms with Gasteiger partial charge in [-0.2, -0.15) is 28.2 Å². The van der Waals surface area contributed by atoms with Crippen molar-refractivity contribution < 1.29 is 31.3 Å². The van der Waals surface area contributed by atoms with Crippen molar-refractivity contribution in [1.29, 1.82) is 0 Å². The predicted octanol–water partition coefficient (Wildman–Crippen LogP) is 4.45. The van der Waals surface area contributed by atoms with E-state index >= 15 is 0 Å².